The van der Waals surface area contributed by atoms with Gasteiger partial charge in [-0.2, -0.15) is 0 Å². The van der Waals surface area contributed by atoms with Crippen molar-refractivity contribution in [3.8, 4) is 22.9 Å². The molecule has 288 valence electrons. The number of hydrogen-bond acceptors (Lipinski definition) is 8. The van der Waals surface area contributed by atoms with E-state index in [-0.39, 0.29) is 0 Å². The van der Waals surface area contributed by atoms with Crippen molar-refractivity contribution in [3.05, 3.63) is 200 Å². The van der Waals surface area contributed by atoms with Gasteiger partial charge in [-0.3, -0.25) is 4.90 Å². The second kappa shape index (κ2) is 14.1. The first-order valence-corrected chi connectivity index (χ1v) is 20.1. The minimum atomic E-state index is 0.587. The van der Waals surface area contributed by atoms with Crippen LogP contribution >= 0.6 is 0 Å². The van der Waals surface area contributed by atoms with Crippen molar-refractivity contribution in [2.24, 2.45) is 0 Å². The minimum Gasteiger partial charge on any atom is -0.456 e. The van der Waals surface area contributed by atoms with Crippen molar-refractivity contribution in [2.75, 3.05) is 9.80 Å². The molecule has 12 aromatic rings. The summed E-state index contributed by atoms with van der Waals surface area (Å²) in [4.78, 5) is 18.6. The Balaban J connectivity index is 0.903. The van der Waals surface area contributed by atoms with Gasteiger partial charge in [-0.15, -0.1) is 0 Å². The summed E-state index contributed by atoms with van der Waals surface area (Å²) in [5.74, 6) is 1.99. The summed E-state index contributed by atoms with van der Waals surface area (Å²) < 4.78 is 18.8. The molecule has 8 nitrogen and oxygen atoms in total. The van der Waals surface area contributed by atoms with Gasteiger partial charge in [-0.05, 0) is 144 Å². The molecule has 0 aliphatic heterocycles. The minimum absolute atomic E-state index is 0.587. The molecule has 8 aromatic carbocycles. The smallest absolute Gasteiger partial charge is 0.227 e. The molecule has 4 aromatic heterocycles. The lowest BCUT2D eigenvalue weighted by atomic mass is 10.0. The van der Waals surface area contributed by atoms with Crippen molar-refractivity contribution in [1.82, 2.24) is 15.0 Å². The number of pyridine rings is 1. The molecular formula is C53H33N5O3. The van der Waals surface area contributed by atoms with Gasteiger partial charge in [0, 0.05) is 62.6 Å². The zero-order valence-corrected chi connectivity index (χ0v) is 32.5. The SMILES string of the molecule is c1ccc(N(c2ccc(-c3nc4ccccc4o3)cc2)c2ccc3c(c2)oc2cc4cc(N(c5ccc(-c6nc7ccccc7o6)cc5)c5ccccn5)ccc4cc23)cc1. The summed E-state index contributed by atoms with van der Waals surface area (Å²) in [6, 6.07) is 65.8. The van der Waals surface area contributed by atoms with Gasteiger partial charge in [0.15, 0.2) is 11.2 Å². The average molecular weight is 788 g/mol. The van der Waals surface area contributed by atoms with Crippen molar-refractivity contribution in [1.29, 1.82) is 0 Å². The van der Waals surface area contributed by atoms with Gasteiger partial charge in [0.25, 0.3) is 0 Å². The highest BCUT2D eigenvalue weighted by Crippen LogP contribution is 2.42. The van der Waals surface area contributed by atoms with E-state index in [1.807, 2.05) is 91.1 Å². The van der Waals surface area contributed by atoms with Gasteiger partial charge in [0.05, 0.1) is 0 Å². The van der Waals surface area contributed by atoms with Crippen LogP contribution < -0.4 is 9.80 Å². The van der Waals surface area contributed by atoms with Gasteiger partial charge < -0.3 is 18.2 Å². The largest absolute Gasteiger partial charge is 0.456 e. The molecule has 0 N–H and O–H groups in total. The number of rotatable bonds is 8. The fourth-order valence-electron chi connectivity index (χ4n) is 8.20. The number of para-hydroxylation sites is 5. The van der Waals surface area contributed by atoms with Crippen LogP contribution in [-0.4, -0.2) is 15.0 Å². The Morgan fingerprint density at radius 3 is 1.56 bits per heavy atom. The van der Waals surface area contributed by atoms with E-state index in [1.54, 1.807) is 0 Å². The molecule has 0 bridgehead atoms. The van der Waals surface area contributed by atoms with Crippen LogP contribution in [0.25, 0.3) is 77.8 Å². The molecule has 0 spiro atoms. The molecule has 4 heterocycles. The number of hydrogen-bond donors (Lipinski definition) is 0. The number of furan rings is 1. The van der Waals surface area contributed by atoms with Crippen molar-refractivity contribution in [3.63, 3.8) is 0 Å². The summed E-state index contributed by atoms with van der Waals surface area (Å²) in [6.07, 6.45) is 1.82. The van der Waals surface area contributed by atoms with Crippen LogP contribution in [-0.2, 0) is 0 Å². The Kier molecular flexibility index (Phi) is 7.99. The van der Waals surface area contributed by atoms with Crippen molar-refractivity contribution in [2.45, 2.75) is 0 Å². The number of benzene rings is 8. The fraction of sp³-hybridized carbons (Fsp3) is 0. The molecule has 8 heteroatoms. The van der Waals surface area contributed by atoms with Gasteiger partial charge >= 0.3 is 0 Å². The van der Waals surface area contributed by atoms with E-state index in [9.17, 15) is 0 Å². The molecule has 0 aliphatic carbocycles. The van der Waals surface area contributed by atoms with Crippen LogP contribution in [0, 0.1) is 0 Å². The van der Waals surface area contributed by atoms with E-state index < -0.39 is 0 Å². The van der Waals surface area contributed by atoms with Crippen LogP contribution in [0.15, 0.2) is 214 Å². The second-order valence-corrected chi connectivity index (χ2v) is 14.9. The van der Waals surface area contributed by atoms with E-state index in [0.29, 0.717) is 11.8 Å². The first-order valence-electron chi connectivity index (χ1n) is 20.1. The number of nitrogens with zero attached hydrogens (tertiary/aromatic N) is 5. The number of oxazole rings is 2. The lowest BCUT2D eigenvalue weighted by Crippen LogP contribution is -2.11. The van der Waals surface area contributed by atoms with E-state index in [0.717, 1.165) is 100 Å². The lowest BCUT2D eigenvalue weighted by molar-refractivity contribution is 0.619. The highest BCUT2D eigenvalue weighted by atomic mass is 16.4. The third-order valence-electron chi connectivity index (χ3n) is 11.1. The summed E-state index contributed by atoms with van der Waals surface area (Å²) in [6.45, 7) is 0. The third-order valence-corrected chi connectivity index (χ3v) is 11.1. The first kappa shape index (κ1) is 34.5. The molecule has 61 heavy (non-hydrogen) atoms. The first-order chi connectivity index (χ1) is 30.2. The van der Waals surface area contributed by atoms with E-state index in [1.165, 1.54) is 0 Å². The Morgan fingerprint density at radius 1 is 0.344 bits per heavy atom. The third kappa shape index (κ3) is 6.13. The molecule has 0 unspecified atom stereocenters. The van der Waals surface area contributed by atoms with Gasteiger partial charge in [0.2, 0.25) is 11.8 Å². The molecule has 12 rings (SSSR count). The van der Waals surface area contributed by atoms with Gasteiger partial charge in [-0.1, -0.05) is 54.6 Å². The predicted molar refractivity (Wildman–Crippen MR) is 244 cm³/mol. The number of aromatic nitrogens is 3. The summed E-state index contributed by atoms with van der Waals surface area (Å²) in [5, 5.41) is 4.28. The van der Waals surface area contributed by atoms with Gasteiger partial charge in [-0.25, -0.2) is 15.0 Å². The van der Waals surface area contributed by atoms with E-state index >= 15 is 0 Å². The normalized spacial score (nSPS) is 11.6. The molecule has 0 saturated carbocycles. The highest BCUT2D eigenvalue weighted by Gasteiger charge is 2.19. The summed E-state index contributed by atoms with van der Waals surface area (Å²) >= 11 is 0. The van der Waals surface area contributed by atoms with Crippen LogP contribution in [0.5, 0.6) is 0 Å². The van der Waals surface area contributed by atoms with Crippen LogP contribution in [0.2, 0.25) is 0 Å². The Labute approximate surface area is 349 Å². The molecular weight excluding hydrogens is 755 g/mol. The number of fused-ring (bicyclic) bond motifs is 6. The Morgan fingerprint density at radius 2 is 0.902 bits per heavy atom. The maximum Gasteiger partial charge on any atom is 0.227 e. The van der Waals surface area contributed by atoms with Crippen molar-refractivity contribution < 1.29 is 13.3 Å². The topological polar surface area (TPSA) is 84.6 Å². The molecule has 0 saturated heterocycles. The fourth-order valence-corrected chi connectivity index (χ4v) is 8.20. The maximum absolute atomic E-state index is 6.69. The van der Waals surface area contributed by atoms with Crippen molar-refractivity contribution >= 4 is 89.2 Å². The highest BCUT2D eigenvalue weighted by molar-refractivity contribution is 6.11. The lowest BCUT2D eigenvalue weighted by Gasteiger charge is -2.25. The number of anilines is 6. The standard InChI is InChI=1S/C53H33N5O3/c1-2-10-38(11-3-1)57(39-22-17-34(18-23-39)52-55-45-12-4-6-14-47(45)60-52)42-27-28-43-44-31-36-21-26-41(30-37(36)32-49(44)59-50(43)33-42)58(51-16-8-9-29-54-51)40-24-19-35(20-25-40)53-56-46-13-5-7-15-48(46)61-53/h1-33H. The molecule has 0 radical (unpaired) electrons. The summed E-state index contributed by atoms with van der Waals surface area (Å²) in [5.41, 5.74) is 11.6. The molecule has 0 atom stereocenters. The second-order valence-electron chi connectivity index (χ2n) is 14.9. The van der Waals surface area contributed by atoms with Crippen LogP contribution in [0.3, 0.4) is 0 Å². The van der Waals surface area contributed by atoms with E-state index in [4.69, 9.17) is 28.2 Å². The Hall–Kier alpha value is -8.49. The van der Waals surface area contributed by atoms with Crippen LogP contribution in [0.1, 0.15) is 0 Å². The zero-order chi connectivity index (χ0) is 40.3. The average Bonchev–Trinajstić information content (AvgIpc) is 4.05. The quantitative estimate of drug-likeness (QED) is 0.150. The van der Waals surface area contributed by atoms with Crippen LogP contribution in [0.4, 0.5) is 34.3 Å². The predicted octanol–water partition coefficient (Wildman–Crippen LogP) is 14.7. The monoisotopic (exact) mass is 787 g/mol. The molecule has 0 aliphatic rings. The Bertz CT molecular complexity index is 3310. The zero-order valence-electron chi connectivity index (χ0n) is 32.5. The molecule has 0 fully saturated rings. The van der Waals surface area contributed by atoms with E-state index in [2.05, 4.69) is 119 Å². The molecule has 0 amide bonds. The van der Waals surface area contributed by atoms with Gasteiger partial charge in [0.1, 0.15) is 28.0 Å². The summed E-state index contributed by atoms with van der Waals surface area (Å²) in [7, 11) is 0. The maximum atomic E-state index is 6.69.